The SMILES string of the molecule is CCCCC/C=C\C/C=C\CCCCCCCCCCCC(=O)OCCCCCCCCCCCCCC/C=C\CCCCCCCCCCCCCCCCC(=O)NC(COC1OC(CO)C(O)C(O)C1O)C(O)/C=C/CC/C=C/CCCCC. The lowest BCUT2D eigenvalue weighted by Crippen LogP contribution is -2.60. The summed E-state index contributed by atoms with van der Waals surface area (Å²) in [5, 5.41) is 54.3. The Kier molecular flexibility index (Phi) is 60.5. The van der Waals surface area contributed by atoms with Gasteiger partial charge in [0.2, 0.25) is 5.91 Å². The Morgan fingerprint density at radius 1 is 0.430 bits per heavy atom. The van der Waals surface area contributed by atoms with Crippen molar-refractivity contribution in [1.82, 2.24) is 5.32 Å². The predicted octanol–water partition coefficient (Wildman–Crippen LogP) is 18.9. The van der Waals surface area contributed by atoms with Crippen molar-refractivity contribution >= 4 is 11.9 Å². The zero-order valence-electron chi connectivity index (χ0n) is 55.8. The van der Waals surface area contributed by atoms with Gasteiger partial charge in [-0.25, -0.2) is 0 Å². The molecule has 502 valence electrons. The van der Waals surface area contributed by atoms with Gasteiger partial charge in [0.25, 0.3) is 0 Å². The van der Waals surface area contributed by atoms with Gasteiger partial charge in [0.1, 0.15) is 24.4 Å². The summed E-state index contributed by atoms with van der Waals surface area (Å²) >= 11 is 0. The molecule has 0 aliphatic carbocycles. The third kappa shape index (κ3) is 52.2. The molecule has 1 heterocycles. The van der Waals surface area contributed by atoms with Crippen LogP contribution < -0.4 is 5.32 Å². The largest absolute Gasteiger partial charge is 0.466 e. The number of amides is 1. The summed E-state index contributed by atoms with van der Waals surface area (Å²) in [7, 11) is 0. The Balaban J connectivity index is 1.89. The molecule has 0 spiro atoms. The molecule has 1 saturated heterocycles. The Bertz CT molecular complexity index is 1610. The van der Waals surface area contributed by atoms with Crippen LogP contribution >= 0.6 is 0 Å². The minimum atomic E-state index is -1.58. The van der Waals surface area contributed by atoms with E-state index in [1.54, 1.807) is 6.08 Å². The summed E-state index contributed by atoms with van der Waals surface area (Å²) in [6.07, 6.45) is 75.3. The van der Waals surface area contributed by atoms with Crippen LogP contribution in [0.4, 0.5) is 0 Å². The summed E-state index contributed by atoms with van der Waals surface area (Å²) in [5.41, 5.74) is 0. The quantitative estimate of drug-likeness (QED) is 0.0195. The van der Waals surface area contributed by atoms with E-state index in [-0.39, 0.29) is 18.5 Å². The molecule has 11 nitrogen and oxygen atoms in total. The van der Waals surface area contributed by atoms with E-state index in [1.165, 1.54) is 250 Å². The molecule has 7 atom stereocenters. The third-order valence-electron chi connectivity index (χ3n) is 17.1. The molecular weight excluding hydrogens is 1070 g/mol. The van der Waals surface area contributed by atoms with E-state index in [4.69, 9.17) is 14.2 Å². The van der Waals surface area contributed by atoms with Gasteiger partial charge in [0.15, 0.2) is 6.29 Å². The second kappa shape index (κ2) is 63.9. The van der Waals surface area contributed by atoms with E-state index in [0.29, 0.717) is 19.4 Å². The smallest absolute Gasteiger partial charge is 0.305 e. The average Bonchev–Trinajstić information content (AvgIpc) is 3.60. The number of aliphatic hydroxyl groups is 5. The molecule has 1 aliphatic rings. The van der Waals surface area contributed by atoms with Gasteiger partial charge in [0, 0.05) is 12.8 Å². The summed E-state index contributed by atoms with van der Waals surface area (Å²) in [6.45, 7) is 4.27. The summed E-state index contributed by atoms with van der Waals surface area (Å²) < 4.78 is 16.7. The first-order chi connectivity index (χ1) is 42.2. The van der Waals surface area contributed by atoms with Crippen LogP contribution in [-0.2, 0) is 23.8 Å². The van der Waals surface area contributed by atoms with Gasteiger partial charge in [0.05, 0.1) is 32.0 Å². The molecule has 0 saturated carbocycles. The van der Waals surface area contributed by atoms with Gasteiger partial charge in [-0.05, 0) is 103 Å². The number of esters is 1. The van der Waals surface area contributed by atoms with Crippen LogP contribution in [0.3, 0.4) is 0 Å². The van der Waals surface area contributed by atoms with Crippen LogP contribution in [0, 0.1) is 0 Å². The fourth-order valence-electron chi connectivity index (χ4n) is 11.3. The minimum Gasteiger partial charge on any atom is -0.466 e. The Hall–Kier alpha value is -2.64. The zero-order chi connectivity index (χ0) is 62.3. The Labute approximate surface area is 528 Å². The number of carbonyl (C=O) groups excluding carboxylic acids is 2. The molecule has 1 amide bonds. The lowest BCUT2D eigenvalue weighted by molar-refractivity contribution is -0.302. The summed E-state index contributed by atoms with van der Waals surface area (Å²) in [6, 6.07) is -0.826. The van der Waals surface area contributed by atoms with E-state index in [9.17, 15) is 35.1 Å². The van der Waals surface area contributed by atoms with Crippen LogP contribution in [-0.4, -0.2) is 100 Å². The van der Waals surface area contributed by atoms with E-state index in [1.807, 2.05) is 6.08 Å². The van der Waals surface area contributed by atoms with E-state index in [2.05, 4.69) is 67.8 Å². The van der Waals surface area contributed by atoms with E-state index >= 15 is 0 Å². The fraction of sp³-hybridized carbons (Fsp3) is 0.840. The number of unbranched alkanes of at least 4 members (excludes halogenated alkanes) is 42. The van der Waals surface area contributed by atoms with Gasteiger partial charge in [-0.1, -0.05) is 286 Å². The molecule has 86 heavy (non-hydrogen) atoms. The highest BCUT2D eigenvalue weighted by Gasteiger charge is 2.44. The molecule has 6 N–H and O–H groups in total. The first kappa shape index (κ1) is 81.4. The number of carbonyl (C=O) groups is 2. The van der Waals surface area contributed by atoms with Crippen LogP contribution in [0.25, 0.3) is 0 Å². The van der Waals surface area contributed by atoms with E-state index < -0.39 is 49.5 Å². The highest BCUT2D eigenvalue weighted by Crippen LogP contribution is 2.23. The maximum atomic E-state index is 13.0. The summed E-state index contributed by atoms with van der Waals surface area (Å²) in [5.74, 6) is -0.188. The topological polar surface area (TPSA) is 175 Å². The van der Waals surface area contributed by atoms with Crippen molar-refractivity contribution in [3.63, 3.8) is 0 Å². The molecule has 7 unspecified atom stereocenters. The van der Waals surface area contributed by atoms with Crippen LogP contribution in [0.1, 0.15) is 341 Å². The predicted molar refractivity (Wildman–Crippen MR) is 361 cm³/mol. The molecule has 1 fully saturated rings. The van der Waals surface area contributed by atoms with Gasteiger partial charge in [-0.2, -0.15) is 0 Å². The molecule has 0 bridgehead atoms. The Morgan fingerprint density at radius 2 is 0.791 bits per heavy atom. The monoisotopic (exact) mass is 1210 g/mol. The van der Waals surface area contributed by atoms with Crippen molar-refractivity contribution < 1.29 is 49.3 Å². The molecule has 1 aliphatic heterocycles. The van der Waals surface area contributed by atoms with Gasteiger partial charge < -0.3 is 45.1 Å². The third-order valence-corrected chi connectivity index (χ3v) is 17.1. The van der Waals surface area contributed by atoms with Gasteiger partial charge >= 0.3 is 5.97 Å². The lowest BCUT2D eigenvalue weighted by atomic mass is 9.99. The number of hydrogen-bond donors (Lipinski definition) is 6. The van der Waals surface area contributed by atoms with Crippen molar-refractivity contribution in [3.8, 4) is 0 Å². The highest BCUT2D eigenvalue weighted by atomic mass is 16.7. The molecule has 11 heteroatoms. The first-order valence-electron chi connectivity index (χ1n) is 36.6. The van der Waals surface area contributed by atoms with Crippen molar-refractivity contribution in [1.29, 1.82) is 0 Å². The van der Waals surface area contributed by atoms with Crippen LogP contribution in [0.15, 0.2) is 60.8 Å². The van der Waals surface area contributed by atoms with Crippen molar-refractivity contribution in [2.45, 2.75) is 384 Å². The maximum absolute atomic E-state index is 13.0. The van der Waals surface area contributed by atoms with Crippen LogP contribution in [0.2, 0.25) is 0 Å². The Morgan fingerprint density at radius 3 is 1.22 bits per heavy atom. The second-order valence-electron chi connectivity index (χ2n) is 25.3. The number of ether oxygens (including phenoxy) is 3. The van der Waals surface area contributed by atoms with Crippen LogP contribution in [0.5, 0.6) is 0 Å². The molecule has 0 aromatic carbocycles. The van der Waals surface area contributed by atoms with Crippen molar-refractivity contribution in [3.05, 3.63) is 60.8 Å². The van der Waals surface area contributed by atoms with E-state index in [0.717, 1.165) is 64.2 Å². The standard InChI is InChI=1S/C75H137NO10/c1-3-5-7-9-11-13-14-15-16-17-30-34-37-40-43-47-51-55-59-63-71(80)84-64-60-56-52-48-44-41-38-35-32-29-27-25-23-21-19-18-20-22-24-26-28-31-33-36-39-42-46-50-54-58-62-70(79)76-67(68(78)61-57-53-49-45-12-10-8-6-4-2)66-85-75-74(83)73(82)72(81)69(65-77)86-75/h11-13,15-16,19,21,45,57,61,67-69,72-75,77-78,81-83H,3-10,14,17-18,20,22-44,46-56,58-60,62-66H2,1-2H3,(H,76,79)/b13-11-,16-15-,21-19-,45-12+,61-57+. The number of hydrogen-bond acceptors (Lipinski definition) is 10. The molecular formula is C75H137NO10. The maximum Gasteiger partial charge on any atom is 0.305 e. The van der Waals surface area contributed by atoms with Gasteiger partial charge in [-0.3, -0.25) is 9.59 Å². The normalized spacial score (nSPS) is 18.2. The first-order valence-corrected chi connectivity index (χ1v) is 36.6. The van der Waals surface area contributed by atoms with Crippen molar-refractivity contribution in [2.24, 2.45) is 0 Å². The number of aliphatic hydroxyl groups excluding tert-OH is 5. The van der Waals surface area contributed by atoms with Gasteiger partial charge in [-0.15, -0.1) is 0 Å². The minimum absolute atomic E-state index is 0.00462. The number of nitrogens with one attached hydrogen (secondary N) is 1. The number of allylic oxidation sites excluding steroid dienone is 9. The lowest BCUT2D eigenvalue weighted by Gasteiger charge is -2.40. The molecule has 0 radical (unpaired) electrons. The number of rotatable bonds is 64. The molecule has 1 rings (SSSR count). The second-order valence-corrected chi connectivity index (χ2v) is 25.3. The molecule has 0 aromatic rings. The summed E-state index contributed by atoms with van der Waals surface area (Å²) in [4.78, 5) is 25.1. The fourth-order valence-corrected chi connectivity index (χ4v) is 11.3. The zero-order valence-corrected chi connectivity index (χ0v) is 55.8. The van der Waals surface area contributed by atoms with Crippen molar-refractivity contribution in [2.75, 3.05) is 19.8 Å². The average molecular weight is 1210 g/mol. The highest BCUT2D eigenvalue weighted by molar-refractivity contribution is 5.76. The molecule has 0 aromatic heterocycles.